The second kappa shape index (κ2) is 8.15. The number of halogens is 2. The summed E-state index contributed by atoms with van der Waals surface area (Å²) >= 11 is 0. The molecule has 0 saturated carbocycles. The maximum Gasteiger partial charge on any atom is 0.242 e. The second-order valence-corrected chi connectivity index (χ2v) is 6.09. The largest absolute Gasteiger partial charge is 0.361 e. The van der Waals surface area contributed by atoms with Crippen LogP contribution in [0.5, 0.6) is 0 Å². The van der Waals surface area contributed by atoms with Gasteiger partial charge < -0.3 is 15.2 Å². The molecular weight excluding hydrogens is 327 g/mol. The zero-order valence-corrected chi connectivity index (χ0v) is 15.2. The summed E-state index contributed by atoms with van der Waals surface area (Å²) < 4.78 is 5.18. The summed E-state index contributed by atoms with van der Waals surface area (Å²) in [7, 11) is 0. The standard InChI is InChI=1S/C14H24N4O2.2ClH/c1-10-12(11(2)20-16-10)9-17-5-7-18(8-6-17)13(19)14(3,4)15;;/h5-9,15H2,1-4H3;2*1H. The zero-order chi connectivity index (χ0) is 14.9. The number of piperazine rings is 1. The van der Waals surface area contributed by atoms with Gasteiger partial charge in [0.1, 0.15) is 5.76 Å². The molecule has 128 valence electrons. The van der Waals surface area contributed by atoms with Crippen LogP contribution in [0.3, 0.4) is 0 Å². The number of aromatic nitrogens is 1. The third-order valence-corrected chi connectivity index (χ3v) is 3.77. The number of nitrogens with zero attached hydrogens (tertiary/aromatic N) is 3. The Labute approximate surface area is 144 Å². The number of rotatable bonds is 3. The van der Waals surface area contributed by atoms with E-state index in [1.165, 1.54) is 0 Å². The van der Waals surface area contributed by atoms with Crippen molar-refractivity contribution in [1.82, 2.24) is 15.0 Å². The molecule has 1 aliphatic rings. The molecule has 2 N–H and O–H groups in total. The molecule has 0 aromatic carbocycles. The molecular formula is C14H26Cl2N4O2. The van der Waals surface area contributed by atoms with E-state index in [4.69, 9.17) is 10.3 Å². The van der Waals surface area contributed by atoms with Gasteiger partial charge in [0.15, 0.2) is 0 Å². The lowest BCUT2D eigenvalue weighted by molar-refractivity contribution is -0.137. The summed E-state index contributed by atoms with van der Waals surface area (Å²) in [6.07, 6.45) is 0. The summed E-state index contributed by atoms with van der Waals surface area (Å²) in [5.41, 5.74) is 7.19. The van der Waals surface area contributed by atoms with Crippen molar-refractivity contribution in [2.75, 3.05) is 26.2 Å². The summed E-state index contributed by atoms with van der Waals surface area (Å²) in [6.45, 7) is 11.4. The molecule has 1 aliphatic heterocycles. The Morgan fingerprint density at radius 2 is 1.77 bits per heavy atom. The highest BCUT2D eigenvalue weighted by atomic mass is 35.5. The minimum absolute atomic E-state index is 0. The van der Waals surface area contributed by atoms with E-state index >= 15 is 0 Å². The normalized spacial score (nSPS) is 16.0. The lowest BCUT2D eigenvalue weighted by Crippen LogP contribution is -2.56. The minimum atomic E-state index is -0.788. The zero-order valence-electron chi connectivity index (χ0n) is 13.6. The topological polar surface area (TPSA) is 75.6 Å². The highest BCUT2D eigenvalue weighted by Gasteiger charge is 2.30. The predicted molar refractivity (Wildman–Crippen MR) is 90.6 cm³/mol. The van der Waals surface area contributed by atoms with Crippen LogP contribution in [0, 0.1) is 13.8 Å². The van der Waals surface area contributed by atoms with Gasteiger partial charge in [0, 0.05) is 38.3 Å². The Hall–Kier alpha value is -0.820. The highest BCUT2D eigenvalue weighted by Crippen LogP contribution is 2.17. The van der Waals surface area contributed by atoms with Crippen molar-refractivity contribution in [3.8, 4) is 0 Å². The van der Waals surface area contributed by atoms with Gasteiger partial charge in [-0.3, -0.25) is 9.69 Å². The van der Waals surface area contributed by atoms with E-state index in [1.54, 1.807) is 13.8 Å². The summed E-state index contributed by atoms with van der Waals surface area (Å²) in [4.78, 5) is 16.3. The fraction of sp³-hybridized carbons (Fsp3) is 0.714. The molecule has 8 heteroatoms. The molecule has 0 spiro atoms. The van der Waals surface area contributed by atoms with Crippen molar-refractivity contribution in [3.05, 3.63) is 17.0 Å². The molecule has 1 aromatic heterocycles. The lowest BCUT2D eigenvalue weighted by Gasteiger charge is -2.37. The third-order valence-electron chi connectivity index (χ3n) is 3.77. The molecule has 2 heterocycles. The first kappa shape index (κ1) is 21.2. The molecule has 1 fully saturated rings. The van der Waals surface area contributed by atoms with Gasteiger partial charge in [-0.25, -0.2) is 0 Å². The van der Waals surface area contributed by atoms with E-state index < -0.39 is 5.54 Å². The third kappa shape index (κ3) is 4.84. The van der Waals surface area contributed by atoms with Gasteiger partial charge >= 0.3 is 0 Å². The molecule has 0 aliphatic carbocycles. The first-order valence-corrected chi connectivity index (χ1v) is 7.01. The van der Waals surface area contributed by atoms with E-state index in [-0.39, 0.29) is 30.7 Å². The number of carbonyl (C=O) groups is 1. The maximum atomic E-state index is 12.1. The molecule has 1 saturated heterocycles. The van der Waals surface area contributed by atoms with Crippen LogP contribution in [0.2, 0.25) is 0 Å². The maximum absolute atomic E-state index is 12.1. The van der Waals surface area contributed by atoms with Crippen LogP contribution in [-0.4, -0.2) is 52.6 Å². The van der Waals surface area contributed by atoms with Crippen LogP contribution in [0.15, 0.2) is 4.52 Å². The minimum Gasteiger partial charge on any atom is -0.361 e. The van der Waals surface area contributed by atoms with Gasteiger partial charge in [0.2, 0.25) is 5.91 Å². The number of carbonyl (C=O) groups excluding carboxylic acids is 1. The first-order valence-electron chi connectivity index (χ1n) is 7.01. The molecule has 0 unspecified atom stereocenters. The monoisotopic (exact) mass is 352 g/mol. The van der Waals surface area contributed by atoms with Crippen molar-refractivity contribution in [3.63, 3.8) is 0 Å². The molecule has 1 aromatic rings. The molecule has 0 atom stereocenters. The Morgan fingerprint density at radius 1 is 1.23 bits per heavy atom. The SMILES string of the molecule is Cc1noc(C)c1CN1CCN(C(=O)C(C)(C)N)CC1.Cl.Cl. The Kier molecular flexibility index (Phi) is 7.85. The Balaban J connectivity index is 0.00000220. The van der Waals surface area contributed by atoms with Crippen LogP contribution < -0.4 is 5.73 Å². The van der Waals surface area contributed by atoms with Gasteiger partial charge in [-0.15, -0.1) is 24.8 Å². The lowest BCUT2D eigenvalue weighted by atomic mass is 10.0. The van der Waals surface area contributed by atoms with Gasteiger partial charge in [-0.1, -0.05) is 5.16 Å². The van der Waals surface area contributed by atoms with E-state index in [9.17, 15) is 4.79 Å². The van der Waals surface area contributed by atoms with Crippen molar-refractivity contribution in [2.24, 2.45) is 5.73 Å². The number of hydrogen-bond acceptors (Lipinski definition) is 5. The summed E-state index contributed by atoms with van der Waals surface area (Å²) in [6, 6.07) is 0. The molecule has 2 rings (SSSR count). The van der Waals surface area contributed by atoms with Gasteiger partial charge in [-0.2, -0.15) is 0 Å². The molecule has 1 amide bonds. The molecule has 0 radical (unpaired) electrons. The van der Waals surface area contributed by atoms with Crippen LogP contribution in [-0.2, 0) is 11.3 Å². The van der Waals surface area contributed by atoms with Crippen molar-refractivity contribution >= 4 is 30.7 Å². The molecule has 6 nitrogen and oxygen atoms in total. The number of amides is 1. The molecule has 22 heavy (non-hydrogen) atoms. The van der Waals surface area contributed by atoms with E-state index in [2.05, 4.69) is 10.1 Å². The smallest absolute Gasteiger partial charge is 0.242 e. The number of aryl methyl sites for hydroxylation is 2. The van der Waals surface area contributed by atoms with Crippen molar-refractivity contribution in [2.45, 2.75) is 39.8 Å². The number of hydrogen-bond donors (Lipinski definition) is 1. The fourth-order valence-electron chi connectivity index (χ4n) is 2.47. The number of nitrogens with two attached hydrogens (primary N) is 1. The quantitative estimate of drug-likeness (QED) is 0.892. The average molecular weight is 353 g/mol. The molecule has 0 bridgehead atoms. The van der Waals surface area contributed by atoms with Crippen LogP contribution >= 0.6 is 24.8 Å². The van der Waals surface area contributed by atoms with E-state index in [1.807, 2.05) is 18.7 Å². The second-order valence-electron chi connectivity index (χ2n) is 6.09. The van der Waals surface area contributed by atoms with Crippen LogP contribution in [0.4, 0.5) is 0 Å². The van der Waals surface area contributed by atoms with Crippen LogP contribution in [0.1, 0.15) is 30.9 Å². The highest BCUT2D eigenvalue weighted by molar-refractivity contribution is 5.86. The van der Waals surface area contributed by atoms with Crippen LogP contribution in [0.25, 0.3) is 0 Å². The Morgan fingerprint density at radius 3 is 2.18 bits per heavy atom. The fourth-order valence-corrected chi connectivity index (χ4v) is 2.47. The summed E-state index contributed by atoms with van der Waals surface area (Å²) in [5, 5.41) is 3.97. The van der Waals surface area contributed by atoms with E-state index in [0.717, 1.165) is 49.7 Å². The summed E-state index contributed by atoms with van der Waals surface area (Å²) in [5.74, 6) is 0.901. The van der Waals surface area contributed by atoms with E-state index in [0.29, 0.717) is 0 Å². The average Bonchev–Trinajstić information content (AvgIpc) is 2.69. The van der Waals surface area contributed by atoms with Crippen molar-refractivity contribution < 1.29 is 9.32 Å². The predicted octanol–water partition coefficient (Wildman–Crippen LogP) is 1.52. The van der Waals surface area contributed by atoms with Gasteiger partial charge in [0.25, 0.3) is 0 Å². The van der Waals surface area contributed by atoms with Gasteiger partial charge in [0.05, 0.1) is 11.2 Å². The Bertz CT molecular complexity index is 472. The first-order chi connectivity index (χ1) is 9.29. The van der Waals surface area contributed by atoms with Gasteiger partial charge in [-0.05, 0) is 27.7 Å². The van der Waals surface area contributed by atoms with Crippen molar-refractivity contribution in [1.29, 1.82) is 0 Å².